The molecule has 198 valence electrons. The summed E-state index contributed by atoms with van der Waals surface area (Å²) in [6.45, 7) is 2.99. The van der Waals surface area contributed by atoms with Gasteiger partial charge in [-0.15, -0.1) is 10.2 Å². The number of aromatic nitrogens is 7. The second kappa shape index (κ2) is 10.6. The molecular formula is C26H23Cl2N9O2. The second-order valence-electron chi connectivity index (χ2n) is 9.23. The summed E-state index contributed by atoms with van der Waals surface area (Å²) in [5, 5.41) is 20.3. The number of aryl methyl sites for hydroxylation is 2. The first-order valence-corrected chi connectivity index (χ1v) is 13.0. The molecule has 1 aliphatic rings. The molecule has 2 N–H and O–H groups in total. The third-order valence-corrected chi connectivity index (χ3v) is 7.15. The van der Waals surface area contributed by atoms with E-state index in [0.717, 1.165) is 26.1 Å². The van der Waals surface area contributed by atoms with Crippen LogP contribution in [0.2, 0.25) is 10.0 Å². The first-order valence-electron chi connectivity index (χ1n) is 12.3. The summed E-state index contributed by atoms with van der Waals surface area (Å²) in [5.41, 5.74) is 0.990. The fraction of sp³-hybridized carbons (Fsp3) is 0.231. The molecule has 0 unspecified atom stereocenters. The number of fused-ring (bicyclic) bond motifs is 1. The van der Waals surface area contributed by atoms with E-state index in [9.17, 15) is 4.79 Å². The third-order valence-electron chi connectivity index (χ3n) is 6.53. The number of rotatable bonds is 8. The third kappa shape index (κ3) is 5.29. The molecule has 11 nitrogen and oxygen atoms in total. The molecule has 5 heterocycles. The van der Waals surface area contributed by atoms with E-state index >= 15 is 0 Å². The zero-order chi connectivity index (χ0) is 26.9. The van der Waals surface area contributed by atoms with Gasteiger partial charge in [0.1, 0.15) is 5.65 Å². The fourth-order valence-electron chi connectivity index (χ4n) is 4.30. The Morgan fingerprint density at radius 2 is 1.95 bits per heavy atom. The molecule has 0 radical (unpaired) electrons. The van der Waals surface area contributed by atoms with Gasteiger partial charge in [0.25, 0.3) is 5.56 Å². The van der Waals surface area contributed by atoms with Crippen molar-refractivity contribution < 1.29 is 4.74 Å². The number of ether oxygens (including phenoxy) is 1. The molecule has 39 heavy (non-hydrogen) atoms. The molecule has 4 aromatic heterocycles. The molecule has 1 fully saturated rings. The minimum absolute atomic E-state index is 0.256. The normalized spacial score (nSPS) is 13.4. The molecule has 0 spiro atoms. The van der Waals surface area contributed by atoms with Crippen molar-refractivity contribution in [1.82, 2.24) is 39.8 Å². The Morgan fingerprint density at radius 1 is 1.13 bits per heavy atom. The van der Waals surface area contributed by atoms with Crippen molar-refractivity contribution in [2.75, 3.05) is 18.4 Å². The number of nitrogens with zero attached hydrogens (tertiary/aromatic N) is 7. The number of nitrogens with one attached hydrogen (secondary N) is 2. The Balaban J connectivity index is 1.16. The largest absolute Gasteiger partial charge is 0.434 e. The molecular weight excluding hydrogens is 541 g/mol. The van der Waals surface area contributed by atoms with Crippen molar-refractivity contribution in [2.24, 2.45) is 13.0 Å². The van der Waals surface area contributed by atoms with Crippen molar-refractivity contribution in [1.29, 1.82) is 0 Å². The van der Waals surface area contributed by atoms with E-state index in [1.54, 1.807) is 55.8 Å². The summed E-state index contributed by atoms with van der Waals surface area (Å²) < 4.78 is 9.08. The van der Waals surface area contributed by atoms with Crippen molar-refractivity contribution >= 4 is 46.0 Å². The van der Waals surface area contributed by atoms with Crippen LogP contribution in [0.25, 0.3) is 22.2 Å². The molecule has 0 amide bonds. The maximum Gasteiger partial charge on any atom is 0.259 e. The number of anilines is 2. The van der Waals surface area contributed by atoms with Gasteiger partial charge in [0.2, 0.25) is 11.8 Å². The predicted molar refractivity (Wildman–Crippen MR) is 149 cm³/mol. The topological polar surface area (TPSA) is 125 Å². The second-order valence-corrected chi connectivity index (χ2v) is 10.0. The van der Waals surface area contributed by atoms with Crippen LogP contribution in [-0.2, 0) is 13.6 Å². The summed E-state index contributed by atoms with van der Waals surface area (Å²) in [4.78, 5) is 22.0. The van der Waals surface area contributed by atoms with Crippen LogP contribution in [0.15, 0.2) is 59.8 Å². The summed E-state index contributed by atoms with van der Waals surface area (Å²) in [6.07, 6.45) is 6.20. The lowest BCUT2D eigenvalue weighted by atomic mass is 10.00. The number of hydrogen-bond acceptors (Lipinski definition) is 9. The molecule has 1 saturated heterocycles. The van der Waals surface area contributed by atoms with Crippen molar-refractivity contribution in [3.8, 4) is 22.8 Å². The molecule has 1 aromatic carbocycles. The zero-order valence-electron chi connectivity index (χ0n) is 20.8. The molecule has 0 saturated carbocycles. The Hall–Kier alpha value is -4.06. The number of hydrogen-bond donors (Lipinski definition) is 2. The molecule has 6 rings (SSSR count). The molecule has 13 heteroatoms. The lowest BCUT2D eigenvalue weighted by Gasteiger charge is -2.26. The van der Waals surface area contributed by atoms with Crippen molar-refractivity contribution in [3.63, 3.8) is 0 Å². The zero-order valence-corrected chi connectivity index (χ0v) is 22.3. The van der Waals surface area contributed by atoms with E-state index in [1.165, 1.54) is 4.57 Å². The van der Waals surface area contributed by atoms with Gasteiger partial charge >= 0.3 is 0 Å². The average Bonchev–Trinajstić information content (AvgIpc) is 3.34. The van der Waals surface area contributed by atoms with Gasteiger partial charge in [-0.3, -0.25) is 14.0 Å². The summed E-state index contributed by atoms with van der Waals surface area (Å²) in [7, 11) is 1.63. The van der Waals surface area contributed by atoms with Crippen LogP contribution >= 0.6 is 23.2 Å². The Morgan fingerprint density at radius 3 is 2.67 bits per heavy atom. The lowest BCUT2D eigenvalue weighted by molar-refractivity contribution is 0.306. The van der Waals surface area contributed by atoms with Crippen LogP contribution in [0.5, 0.6) is 11.6 Å². The van der Waals surface area contributed by atoms with E-state index in [4.69, 9.17) is 27.9 Å². The van der Waals surface area contributed by atoms with E-state index < -0.39 is 0 Å². The number of benzene rings is 1. The van der Waals surface area contributed by atoms with E-state index in [2.05, 4.69) is 35.9 Å². The summed E-state index contributed by atoms with van der Waals surface area (Å²) in [5.74, 6) is 2.30. The van der Waals surface area contributed by atoms with Gasteiger partial charge in [-0.1, -0.05) is 29.3 Å². The first-order chi connectivity index (χ1) is 18.9. The maximum absolute atomic E-state index is 13.1. The van der Waals surface area contributed by atoms with Crippen LogP contribution in [0.3, 0.4) is 0 Å². The standard InChI is InChI=1S/C26H23Cl2N9O2/c1-36-24-16(9-18(25(36)38)23-19(27)3-2-4-20(23)28)12-30-26(33-24)32-21-5-6-22(35-34-21)39-17-13-31-37(14-17)8-7-15-10-29-11-15/h2-6,9,12-15,29H,7-8,10-11H2,1H3,(H,30,32,33,34). The van der Waals surface area contributed by atoms with Crippen molar-refractivity contribution in [2.45, 2.75) is 13.0 Å². The predicted octanol–water partition coefficient (Wildman–Crippen LogP) is 4.43. The molecule has 0 bridgehead atoms. The van der Waals surface area contributed by atoms with Crippen molar-refractivity contribution in [3.05, 3.63) is 75.4 Å². The van der Waals surface area contributed by atoms with Crippen LogP contribution in [-0.4, -0.2) is 47.6 Å². The first kappa shape index (κ1) is 25.2. The fourth-order valence-corrected chi connectivity index (χ4v) is 4.91. The summed E-state index contributed by atoms with van der Waals surface area (Å²) in [6, 6.07) is 10.2. The van der Waals surface area contributed by atoms with Gasteiger partial charge in [-0.05, 0) is 49.7 Å². The SMILES string of the molecule is Cn1c(=O)c(-c2c(Cl)cccc2Cl)cc2cnc(Nc3ccc(Oc4cnn(CCC5CNC5)c4)nn3)nc21. The highest BCUT2D eigenvalue weighted by atomic mass is 35.5. The molecule has 5 aromatic rings. The summed E-state index contributed by atoms with van der Waals surface area (Å²) >= 11 is 12.7. The van der Waals surface area contributed by atoms with Crippen LogP contribution in [0.1, 0.15) is 6.42 Å². The average molecular weight is 564 g/mol. The van der Waals surface area contributed by atoms with Crippen LogP contribution < -0.4 is 20.9 Å². The monoisotopic (exact) mass is 563 g/mol. The van der Waals surface area contributed by atoms with Gasteiger partial charge in [0.05, 0.1) is 28.0 Å². The Kier molecular flexibility index (Phi) is 6.86. The van der Waals surface area contributed by atoms with Gasteiger partial charge < -0.3 is 15.4 Å². The molecule has 0 atom stereocenters. The van der Waals surface area contributed by atoms with Gasteiger partial charge in [0, 0.05) is 36.8 Å². The highest BCUT2D eigenvalue weighted by molar-refractivity contribution is 6.39. The van der Waals surface area contributed by atoms with E-state index in [1.807, 2.05) is 10.9 Å². The molecule has 0 aliphatic carbocycles. The van der Waals surface area contributed by atoms with Gasteiger partial charge in [-0.2, -0.15) is 10.1 Å². The van der Waals surface area contributed by atoms with E-state index in [-0.39, 0.29) is 11.5 Å². The van der Waals surface area contributed by atoms with Gasteiger partial charge in [0.15, 0.2) is 11.6 Å². The smallest absolute Gasteiger partial charge is 0.259 e. The van der Waals surface area contributed by atoms with Crippen LogP contribution in [0.4, 0.5) is 11.8 Å². The highest BCUT2D eigenvalue weighted by Crippen LogP contribution is 2.33. The van der Waals surface area contributed by atoms with E-state index in [0.29, 0.717) is 55.6 Å². The Labute approximate surface area is 232 Å². The maximum atomic E-state index is 13.1. The van der Waals surface area contributed by atoms with Crippen LogP contribution in [0, 0.1) is 5.92 Å². The number of halogens is 2. The minimum atomic E-state index is -0.285. The quantitative estimate of drug-likeness (QED) is 0.282. The highest BCUT2D eigenvalue weighted by Gasteiger charge is 2.17. The number of pyridine rings is 1. The Bertz CT molecular complexity index is 1700. The minimum Gasteiger partial charge on any atom is -0.434 e. The molecule has 1 aliphatic heterocycles. The lowest BCUT2D eigenvalue weighted by Crippen LogP contribution is -2.42. The van der Waals surface area contributed by atoms with Gasteiger partial charge in [-0.25, -0.2) is 4.98 Å².